The summed E-state index contributed by atoms with van der Waals surface area (Å²) in [5.74, 6) is 0. The van der Waals surface area contributed by atoms with Crippen molar-refractivity contribution < 1.29 is 9.72 Å². The maximum atomic E-state index is 10.8. The fraction of sp³-hybridized carbons (Fsp3) is 0. The quantitative estimate of drug-likeness (QED) is 0.365. The molecule has 0 atom stereocenters. The normalized spacial score (nSPS) is 9.69. The lowest BCUT2D eigenvalue weighted by molar-refractivity contribution is -0.384. The molecule has 0 N–H and O–H groups in total. The molecule has 0 bridgehead atoms. The van der Waals surface area contributed by atoms with E-state index in [0.717, 1.165) is 6.07 Å². The first-order chi connectivity index (χ1) is 6.02. The number of carbonyl (C=O) groups excluding carboxylic acids is 1. The minimum Gasteiger partial charge on any atom is -0.276 e. The molecular formula is C7H3ClINO3. The van der Waals surface area contributed by atoms with E-state index in [1.54, 1.807) is 0 Å². The highest BCUT2D eigenvalue weighted by Gasteiger charge is 2.13. The second kappa shape index (κ2) is 4.01. The van der Waals surface area contributed by atoms with Crippen LogP contribution in [0.2, 0.25) is 0 Å². The largest absolute Gasteiger partial charge is 0.276 e. The molecule has 1 aromatic rings. The molecule has 0 fully saturated rings. The summed E-state index contributed by atoms with van der Waals surface area (Å²) in [4.78, 5) is 20.5. The smallest absolute Gasteiger partial charge is 0.270 e. The van der Waals surface area contributed by atoms with Crippen molar-refractivity contribution in [3.63, 3.8) is 0 Å². The summed E-state index contributed by atoms with van der Waals surface area (Å²) < 4.78 is 0.600. The monoisotopic (exact) mass is 311 g/mol. The zero-order valence-corrected chi connectivity index (χ0v) is 9.07. The molecule has 0 saturated heterocycles. The first-order valence-electron chi connectivity index (χ1n) is 3.16. The van der Waals surface area contributed by atoms with Gasteiger partial charge in [-0.3, -0.25) is 14.9 Å². The summed E-state index contributed by atoms with van der Waals surface area (Å²) in [7, 11) is 0. The van der Waals surface area contributed by atoms with Gasteiger partial charge in [-0.05, 0) is 40.3 Å². The number of non-ortho nitro benzene ring substituents is 1. The van der Waals surface area contributed by atoms with Crippen molar-refractivity contribution in [2.75, 3.05) is 0 Å². The zero-order chi connectivity index (χ0) is 10.0. The number of rotatable bonds is 2. The van der Waals surface area contributed by atoms with Crippen LogP contribution in [-0.2, 0) is 0 Å². The Kier molecular flexibility index (Phi) is 3.21. The maximum absolute atomic E-state index is 10.8. The molecule has 1 rings (SSSR count). The average molecular weight is 311 g/mol. The third-order valence-corrected chi connectivity index (χ3v) is 2.52. The Morgan fingerprint density at radius 3 is 2.62 bits per heavy atom. The molecule has 0 aromatic heterocycles. The average Bonchev–Trinajstić information content (AvgIpc) is 2.04. The SMILES string of the molecule is O=C(Cl)c1cc([N+](=O)[O-])ccc1I. The molecule has 0 aliphatic rings. The highest BCUT2D eigenvalue weighted by Crippen LogP contribution is 2.20. The van der Waals surface area contributed by atoms with Crippen molar-refractivity contribution in [1.82, 2.24) is 0 Å². The van der Waals surface area contributed by atoms with Gasteiger partial charge in [0.05, 0.1) is 10.5 Å². The summed E-state index contributed by atoms with van der Waals surface area (Å²) in [6, 6.07) is 3.97. The van der Waals surface area contributed by atoms with Gasteiger partial charge in [0.2, 0.25) is 0 Å². The van der Waals surface area contributed by atoms with Crippen LogP contribution in [0.3, 0.4) is 0 Å². The van der Waals surface area contributed by atoms with Crippen LogP contribution in [0.15, 0.2) is 18.2 Å². The first-order valence-corrected chi connectivity index (χ1v) is 4.62. The maximum Gasteiger partial charge on any atom is 0.270 e. The van der Waals surface area contributed by atoms with Gasteiger partial charge >= 0.3 is 0 Å². The highest BCUT2D eigenvalue weighted by molar-refractivity contribution is 14.1. The third kappa shape index (κ3) is 2.38. The van der Waals surface area contributed by atoms with Crippen molar-refractivity contribution in [2.24, 2.45) is 0 Å². The fourth-order valence-corrected chi connectivity index (χ4v) is 1.67. The van der Waals surface area contributed by atoms with Crippen molar-refractivity contribution >= 4 is 45.1 Å². The van der Waals surface area contributed by atoms with E-state index in [2.05, 4.69) is 0 Å². The fourth-order valence-electron chi connectivity index (χ4n) is 0.777. The van der Waals surface area contributed by atoms with Crippen LogP contribution in [0.5, 0.6) is 0 Å². The molecule has 0 saturated carbocycles. The number of halogens is 2. The van der Waals surface area contributed by atoms with Gasteiger partial charge in [-0.25, -0.2) is 0 Å². The summed E-state index contributed by atoms with van der Waals surface area (Å²) in [5, 5.41) is 9.65. The molecule has 0 aliphatic heterocycles. The topological polar surface area (TPSA) is 60.2 Å². The molecule has 6 heteroatoms. The zero-order valence-electron chi connectivity index (χ0n) is 6.16. The number of nitro benzene ring substituents is 1. The van der Waals surface area contributed by atoms with Gasteiger partial charge in [0.1, 0.15) is 0 Å². The van der Waals surface area contributed by atoms with E-state index in [4.69, 9.17) is 11.6 Å². The lowest BCUT2D eigenvalue weighted by Crippen LogP contribution is -1.96. The Labute approximate surface area is 92.2 Å². The lowest BCUT2D eigenvalue weighted by atomic mass is 10.2. The van der Waals surface area contributed by atoms with E-state index in [1.807, 2.05) is 22.6 Å². The molecule has 0 amide bonds. The molecule has 68 valence electrons. The molecule has 1 aromatic carbocycles. The van der Waals surface area contributed by atoms with E-state index in [-0.39, 0.29) is 11.3 Å². The van der Waals surface area contributed by atoms with Crippen LogP contribution >= 0.6 is 34.2 Å². The van der Waals surface area contributed by atoms with Crippen LogP contribution in [0, 0.1) is 13.7 Å². The number of carbonyl (C=O) groups is 1. The minimum atomic E-state index is -0.687. The molecule has 13 heavy (non-hydrogen) atoms. The van der Waals surface area contributed by atoms with Gasteiger partial charge in [-0.2, -0.15) is 0 Å². The predicted octanol–water partition coefficient (Wildman–Crippen LogP) is 2.58. The lowest BCUT2D eigenvalue weighted by Gasteiger charge is -1.97. The van der Waals surface area contributed by atoms with Gasteiger partial charge < -0.3 is 0 Å². The van der Waals surface area contributed by atoms with E-state index in [1.165, 1.54) is 12.1 Å². The van der Waals surface area contributed by atoms with Crippen molar-refractivity contribution in [1.29, 1.82) is 0 Å². The number of nitrogens with zero attached hydrogens (tertiary/aromatic N) is 1. The van der Waals surface area contributed by atoms with Gasteiger partial charge in [-0.15, -0.1) is 0 Å². The van der Waals surface area contributed by atoms with Gasteiger partial charge in [0.25, 0.3) is 10.9 Å². The van der Waals surface area contributed by atoms with Crippen LogP contribution < -0.4 is 0 Å². The standard InChI is InChI=1S/C7H3ClINO3/c8-7(11)5-3-4(10(12)13)1-2-6(5)9/h1-3H. The Morgan fingerprint density at radius 2 is 2.15 bits per heavy atom. The molecule has 0 spiro atoms. The molecule has 4 nitrogen and oxygen atoms in total. The number of benzene rings is 1. The van der Waals surface area contributed by atoms with Crippen molar-refractivity contribution in [3.05, 3.63) is 37.4 Å². The highest BCUT2D eigenvalue weighted by atomic mass is 127. The number of hydrogen-bond acceptors (Lipinski definition) is 3. The second-order valence-corrected chi connectivity index (χ2v) is 3.70. The first kappa shape index (κ1) is 10.4. The van der Waals surface area contributed by atoms with Gasteiger partial charge in [-0.1, -0.05) is 0 Å². The number of nitro groups is 1. The van der Waals surface area contributed by atoms with Crippen molar-refractivity contribution in [3.8, 4) is 0 Å². The van der Waals surface area contributed by atoms with Crippen LogP contribution in [0.4, 0.5) is 5.69 Å². The predicted molar refractivity (Wildman–Crippen MR) is 56.0 cm³/mol. The summed E-state index contributed by atoms with van der Waals surface area (Å²) >= 11 is 7.11. The minimum absolute atomic E-state index is 0.135. The van der Waals surface area contributed by atoms with Crippen molar-refractivity contribution in [2.45, 2.75) is 0 Å². The summed E-state index contributed by atoms with van der Waals surface area (Å²) in [5.41, 5.74) is 0.0286. The van der Waals surface area contributed by atoms with Gasteiger partial charge in [0, 0.05) is 15.7 Å². The van der Waals surface area contributed by atoms with E-state index in [9.17, 15) is 14.9 Å². The van der Waals surface area contributed by atoms with E-state index < -0.39 is 10.2 Å². The van der Waals surface area contributed by atoms with E-state index >= 15 is 0 Å². The Morgan fingerprint density at radius 1 is 1.54 bits per heavy atom. The van der Waals surface area contributed by atoms with Crippen LogP contribution in [-0.4, -0.2) is 10.2 Å². The summed E-state index contributed by atoms with van der Waals surface area (Å²) in [6.07, 6.45) is 0. The number of hydrogen-bond donors (Lipinski definition) is 0. The van der Waals surface area contributed by atoms with Crippen LogP contribution in [0.25, 0.3) is 0 Å². The second-order valence-electron chi connectivity index (χ2n) is 2.19. The van der Waals surface area contributed by atoms with Gasteiger partial charge in [0.15, 0.2) is 0 Å². The molecule has 0 aliphatic carbocycles. The van der Waals surface area contributed by atoms with Crippen LogP contribution in [0.1, 0.15) is 10.4 Å². The van der Waals surface area contributed by atoms with E-state index in [0.29, 0.717) is 3.57 Å². The Bertz CT molecular complexity index is 380. The Balaban J connectivity index is 3.27. The Hall–Kier alpha value is -0.690. The molecule has 0 unspecified atom stereocenters. The molecular weight excluding hydrogens is 308 g/mol. The summed E-state index contributed by atoms with van der Waals surface area (Å²) in [6.45, 7) is 0. The molecule has 0 heterocycles. The third-order valence-electron chi connectivity index (χ3n) is 1.37. The molecule has 0 radical (unpaired) electrons.